The monoisotopic (exact) mass is 444 g/mol. The number of rotatable bonds is 17. The van der Waals surface area contributed by atoms with Gasteiger partial charge in [-0.1, -0.05) is 84.0 Å². The summed E-state index contributed by atoms with van der Waals surface area (Å²) in [5.74, 6) is -1.72. The molecule has 2 aliphatic heterocycles. The lowest BCUT2D eigenvalue weighted by atomic mass is 10.0. The highest BCUT2D eigenvalue weighted by Crippen LogP contribution is 2.33. The highest BCUT2D eigenvalue weighted by molar-refractivity contribution is 5.69. The lowest BCUT2D eigenvalue weighted by Crippen LogP contribution is -2.54. The molecule has 0 aromatic heterocycles. The normalized spacial score (nSPS) is 25.2. The van der Waals surface area contributed by atoms with Crippen molar-refractivity contribution in [2.24, 2.45) is 0 Å². The molecule has 0 radical (unpaired) electrons. The summed E-state index contributed by atoms with van der Waals surface area (Å²) >= 11 is 0. The van der Waals surface area contributed by atoms with Crippen molar-refractivity contribution < 1.29 is 34.0 Å². The van der Waals surface area contributed by atoms with E-state index in [0.717, 1.165) is 19.3 Å². The number of ether oxygens (including phenoxy) is 4. The molecular weight excluding hydrogens is 400 g/mol. The molecule has 182 valence electrons. The fraction of sp³-hybridized carbons (Fsp3) is 0.958. The Morgan fingerprint density at radius 3 is 1.94 bits per heavy atom. The number of unbranched alkanes of at least 4 members (excludes halogenated alkanes) is 12. The summed E-state index contributed by atoms with van der Waals surface area (Å²) in [4.78, 5) is 12.3. The van der Waals surface area contributed by atoms with Crippen LogP contribution in [0.1, 0.15) is 96.8 Å². The topological polar surface area (TPSA) is 94.5 Å². The molecule has 0 aliphatic carbocycles. The lowest BCUT2D eigenvalue weighted by Gasteiger charge is -2.33. The molecule has 0 aromatic carbocycles. The largest absolute Gasteiger partial charge is 0.456 e. The average molecular weight is 445 g/mol. The van der Waals surface area contributed by atoms with E-state index in [0.29, 0.717) is 19.6 Å². The fourth-order valence-electron chi connectivity index (χ4n) is 4.43. The van der Waals surface area contributed by atoms with Gasteiger partial charge in [0, 0.05) is 6.42 Å². The van der Waals surface area contributed by atoms with Crippen LogP contribution in [0.5, 0.6) is 0 Å². The molecule has 2 rings (SSSR count). The summed E-state index contributed by atoms with van der Waals surface area (Å²) in [5.41, 5.74) is 0. The van der Waals surface area contributed by atoms with Gasteiger partial charge in [0.15, 0.2) is 12.2 Å². The van der Waals surface area contributed by atoms with Crippen molar-refractivity contribution in [2.45, 2.75) is 121 Å². The Bertz CT molecular complexity index is 479. The Morgan fingerprint density at radius 1 is 0.903 bits per heavy atom. The third kappa shape index (κ3) is 8.97. The molecule has 0 saturated carbocycles. The number of carbonyl (C=O) groups excluding carboxylic acids is 1. The summed E-state index contributed by atoms with van der Waals surface area (Å²) in [7, 11) is 0. The highest BCUT2D eigenvalue weighted by Gasteiger charge is 2.55. The molecule has 0 unspecified atom stereocenters. The standard InChI is InChI=1S/C24H44O7/c1-2-3-4-5-6-7-8-9-10-11-12-13-14-15-21(27)31-22-20(26)18-28-23(22)24(19-25)29-16-17-30-24/h20,22-23,25-26H,2-19H2,1H3/t20-,22+,23-/m0/s1. The predicted octanol–water partition coefficient (Wildman–Crippen LogP) is 3.87. The maximum Gasteiger partial charge on any atom is 0.306 e. The zero-order valence-electron chi connectivity index (χ0n) is 19.4. The van der Waals surface area contributed by atoms with Gasteiger partial charge in [-0.15, -0.1) is 0 Å². The third-order valence-electron chi connectivity index (χ3n) is 6.31. The first-order valence-corrected chi connectivity index (χ1v) is 12.5. The van der Waals surface area contributed by atoms with E-state index >= 15 is 0 Å². The Hall–Kier alpha value is -0.730. The van der Waals surface area contributed by atoms with Crippen molar-refractivity contribution in [2.75, 3.05) is 26.4 Å². The summed E-state index contributed by atoms with van der Waals surface area (Å²) in [6, 6.07) is 0. The van der Waals surface area contributed by atoms with Crippen LogP contribution in [0.2, 0.25) is 0 Å². The fourth-order valence-corrected chi connectivity index (χ4v) is 4.43. The minimum atomic E-state index is -1.36. The molecule has 2 N–H and O–H groups in total. The van der Waals surface area contributed by atoms with Gasteiger partial charge in [0.05, 0.1) is 19.8 Å². The Morgan fingerprint density at radius 2 is 1.42 bits per heavy atom. The van der Waals surface area contributed by atoms with Gasteiger partial charge in [-0.2, -0.15) is 0 Å². The molecular formula is C24H44O7. The van der Waals surface area contributed by atoms with Crippen LogP contribution in [0.25, 0.3) is 0 Å². The van der Waals surface area contributed by atoms with E-state index in [2.05, 4.69) is 6.92 Å². The molecule has 2 heterocycles. The second-order valence-electron chi connectivity index (χ2n) is 8.94. The van der Waals surface area contributed by atoms with Gasteiger partial charge in [-0.3, -0.25) is 4.79 Å². The van der Waals surface area contributed by atoms with Crippen LogP contribution in [0, 0.1) is 0 Å². The number of esters is 1. The van der Waals surface area contributed by atoms with Crippen LogP contribution in [0.3, 0.4) is 0 Å². The van der Waals surface area contributed by atoms with Crippen LogP contribution < -0.4 is 0 Å². The Kier molecular flexibility index (Phi) is 13.0. The van der Waals surface area contributed by atoms with E-state index in [-0.39, 0.29) is 12.6 Å². The zero-order chi connectivity index (χ0) is 22.4. The van der Waals surface area contributed by atoms with Crippen LogP contribution in [-0.2, 0) is 23.7 Å². The SMILES string of the molecule is CCCCCCCCCCCCCCCC(=O)O[C@@H]1[C@@H](O)CO[C@@H]1C1(CO)OCCO1. The van der Waals surface area contributed by atoms with Crippen molar-refractivity contribution in [1.29, 1.82) is 0 Å². The van der Waals surface area contributed by atoms with E-state index in [1.165, 1.54) is 64.2 Å². The van der Waals surface area contributed by atoms with Crippen molar-refractivity contribution in [1.82, 2.24) is 0 Å². The third-order valence-corrected chi connectivity index (χ3v) is 6.31. The van der Waals surface area contributed by atoms with Crippen molar-refractivity contribution >= 4 is 5.97 Å². The van der Waals surface area contributed by atoms with E-state index < -0.39 is 30.7 Å². The van der Waals surface area contributed by atoms with Gasteiger partial charge < -0.3 is 29.2 Å². The predicted molar refractivity (Wildman–Crippen MR) is 118 cm³/mol. The Balaban J connectivity index is 1.51. The molecule has 0 bridgehead atoms. The second-order valence-corrected chi connectivity index (χ2v) is 8.94. The molecule has 0 amide bonds. The first-order valence-electron chi connectivity index (χ1n) is 12.5. The summed E-state index contributed by atoms with van der Waals surface area (Å²) in [6.45, 7) is 2.52. The number of hydrogen-bond donors (Lipinski definition) is 2. The van der Waals surface area contributed by atoms with Crippen molar-refractivity contribution in [3.63, 3.8) is 0 Å². The molecule has 31 heavy (non-hydrogen) atoms. The average Bonchev–Trinajstić information content (AvgIpc) is 3.39. The van der Waals surface area contributed by atoms with Gasteiger partial charge in [-0.05, 0) is 6.42 Å². The summed E-state index contributed by atoms with van der Waals surface area (Å²) in [5, 5.41) is 19.9. The molecule has 0 aromatic rings. The van der Waals surface area contributed by atoms with Crippen LogP contribution >= 0.6 is 0 Å². The first-order chi connectivity index (χ1) is 15.1. The zero-order valence-corrected chi connectivity index (χ0v) is 19.4. The van der Waals surface area contributed by atoms with Gasteiger partial charge in [0.1, 0.15) is 12.7 Å². The van der Waals surface area contributed by atoms with Gasteiger partial charge in [-0.25, -0.2) is 0 Å². The van der Waals surface area contributed by atoms with E-state index in [9.17, 15) is 15.0 Å². The highest BCUT2D eigenvalue weighted by atomic mass is 16.8. The molecule has 3 atom stereocenters. The summed E-state index contributed by atoms with van der Waals surface area (Å²) < 4.78 is 22.1. The maximum atomic E-state index is 12.3. The van der Waals surface area contributed by atoms with Crippen molar-refractivity contribution in [3.05, 3.63) is 0 Å². The van der Waals surface area contributed by atoms with E-state index in [1.54, 1.807) is 0 Å². The van der Waals surface area contributed by atoms with Crippen LogP contribution in [0.15, 0.2) is 0 Å². The lowest BCUT2D eigenvalue weighted by molar-refractivity contribution is -0.257. The van der Waals surface area contributed by atoms with Crippen LogP contribution in [0.4, 0.5) is 0 Å². The number of aliphatic hydroxyl groups excluding tert-OH is 2. The summed E-state index contributed by atoms with van der Waals surface area (Å²) in [6.07, 6.45) is 13.9. The molecule has 0 spiro atoms. The number of carbonyl (C=O) groups is 1. The number of aliphatic hydroxyl groups is 2. The van der Waals surface area contributed by atoms with E-state index in [4.69, 9.17) is 18.9 Å². The first kappa shape index (κ1) is 26.5. The van der Waals surface area contributed by atoms with Gasteiger partial charge in [0.2, 0.25) is 5.79 Å². The Labute approximate surface area is 187 Å². The number of hydrogen-bond acceptors (Lipinski definition) is 7. The van der Waals surface area contributed by atoms with Gasteiger partial charge in [0.25, 0.3) is 0 Å². The van der Waals surface area contributed by atoms with Crippen molar-refractivity contribution in [3.8, 4) is 0 Å². The molecule has 2 saturated heterocycles. The molecule has 2 aliphatic rings. The minimum absolute atomic E-state index is 0.0236. The maximum absolute atomic E-state index is 12.3. The quantitative estimate of drug-likeness (QED) is 0.260. The molecule has 7 heteroatoms. The second kappa shape index (κ2) is 15.2. The minimum Gasteiger partial charge on any atom is -0.456 e. The smallest absolute Gasteiger partial charge is 0.306 e. The molecule has 7 nitrogen and oxygen atoms in total. The van der Waals surface area contributed by atoms with Gasteiger partial charge >= 0.3 is 5.97 Å². The molecule has 2 fully saturated rings. The van der Waals surface area contributed by atoms with E-state index in [1.807, 2.05) is 0 Å². The van der Waals surface area contributed by atoms with Crippen LogP contribution in [-0.4, -0.2) is 66.7 Å².